The molecular weight excluding hydrogens is 853 g/mol. The van der Waals surface area contributed by atoms with Gasteiger partial charge in [-0.1, -0.05) is 184 Å². The van der Waals surface area contributed by atoms with E-state index in [1.54, 1.807) is 154 Å². The van der Waals surface area contributed by atoms with Crippen molar-refractivity contribution in [1.29, 1.82) is 0 Å². The van der Waals surface area contributed by atoms with Crippen molar-refractivity contribution >= 4 is 0 Å². The molecule has 0 aromatic carbocycles. The fourth-order valence-electron chi connectivity index (χ4n) is 20.4. The van der Waals surface area contributed by atoms with Gasteiger partial charge in [-0.3, -0.25) is 0 Å². The van der Waals surface area contributed by atoms with Gasteiger partial charge in [0.15, 0.2) is 0 Å². The van der Waals surface area contributed by atoms with Crippen LogP contribution in [0.3, 0.4) is 0 Å². The lowest BCUT2D eigenvalue weighted by Crippen LogP contribution is -2.35. The Kier molecular flexibility index (Phi) is 23.0. The Hall–Kier alpha value is 0. The minimum atomic E-state index is 0.945. The second kappa shape index (κ2) is 28.6. The highest BCUT2D eigenvalue weighted by molar-refractivity contribution is 4.92. The van der Waals surface area contributed by atoms with Gasteiger partial charge in [-0.25, -0.2) is 0 Å². The molecule has 0 bridgehead atoms. The normalized spacial score (nSPS) is 42.0. The van der Waals surface area contributed by atoms with Crippen LogP contribution in [0, 0.1) is 136 Å². The monoisotopic (exact) mass is 981 g/mol. The lowest BCUT2D eigenvalue weighted by Gasteiger charge is -2.45. The minimum Gasteiger partial charge on any atom is -0.0651 e. The van der Waals surface area contributed by atoms with E-state index in [-0.39, 0.29) is 0 Å². The van der Waals surface area contributed by atoms with E-state index in [4.69, 9.17) is 0 Å². The molecule has 0 aliphatic heterocycles. The maximum Gasteiger partial charge on any atom is -0.0355 e. The first-order chi connectivity index (χ1) is 34.4. The van der Waals surface area contributed by atoms with Crippen LogP contribution in [-0.4, -0.2) is 0 Å². The maximum atomic E-state index is 2.82. The number of rotatable bonds is 21. The fourth-order valence-corrected chi connectivity index (χ4v) is 20.4. The summed E-state index contributed by atoms with van der Waals surface area (Å²) in [6, 6.07) is 0. The lowest BCUT2D eigenvalue weighted by atomic mass is 9.60. The molecule has 0 heteroatoms. The van der Waals surface area contributed by atoms with Gasteiger partial charge >= 0.3 is 0 Å². The molecule has 8 rings (SSSR count). The van der Waals surface area contributed by atoms with E-state index >= 15 is 0 Å². The zero-order chi connectivity index (χ0) is 49.9. The molecule has 0 spiro atoms. The first-order valence-corrected chi connectivity index (χ1v) is 34.4. The molecule has 8 saturated carbocycles. The van der Waals surface area contributed by atoms with E-state index in [1.165, 1.54) is 96.3 Å². The average Bonchev–Trinajstić information content (AvgIpc) is 3.39. The van der Waals surface area contributed by atoms with Crippen molar-refractivity contribution in [2.75, 3.05) is 0 Å². The zero-order valence-electron chi connectivity index (χ0n) is 49.9. The van der Waals surface area contributed by atoms with Gasteiger partial charge in [-0.05, 0) is 265 Å². The molecule has 0 radical (unpaired) electrons. The second-order valence-corrected chi connectivity index (χ2v) is 31.1. The third-order valence-electron chi connectivity index (χ3n) is 26.2. The molecule has 0 aromatic rings. The Balaban J connectivity index is 0.918. The van der Waals surface area contributed by atoms with Gasteiger partial charge in [0, 0.05) is 0 Å². The molecule has 412 valence electrons. The summed E-state index contributed by atoms with van der Waals surface area (Å²) in [6.07, 6.45) is 60.5. The third-order valence-corrected chi connectivity index (χ3v) is 26.2. The highest BCUT2D eigenvalue weighted by atomic mass is 14.5. The Morgan fingerprint density at radius 2 is 0.577 bits per heavy atom. The molecule has 0 saturated heterocycles. The average molecular weight is 982 g/mol. The summed E-state index contributed by atoms with van der Waals surface area (Å²) in [6.45, 7) is 23.6. The molecule has 0 amide bonds. The second-order valence-electron chi connectivity index (χ2n) is 31.1. The van der Waals surface area contributed by atoms with Gasteiger partial charge in [-0.2, -0.15) is 0 Å². The van der Waals surface area contributed by atoms with Crippen molar-refractivity contribution in [3.8, 4) is 0 Å². The van der Waals surface area contributed by atoms with Gasteiger partial charge in [0.25, 0.3) is 0 Å². The summed E-state index contributed by atoms with van der Waals surface area (Å²) < 4.78 is 0. The van der Waals surface area contributed by atoms with Crippen molar-refractivity contribution in [3.05, 3.63) is 0 Å². The fraction of sp³-hybridized carbons (Fsp3) is 1.00. The summed E-state index contributed by atoms with van der Waals surface area (Å²) in [5.74, 6) is 23.1. The molecule has 0 aromatic heterocycles. The van der Waals surface area contributed by atoms with Crippen molar-refractivity contribution in [2.24, 2.45) is 136 Å². The van der Waals surface area contributed by atoms with Crippen LogP contribution in [0.25, 0.3) is 0 Å². The van der Waals surface area contributed by atoms with E-state index in [9.17, 15) is 0 Å². The van der Waals surface area contributed by atoms with Crippen LogP contribution in [0.1, 0.15) is 313 Å². The van der Waals surface area contributed by atoms with Crippen LogP contribution in [0.4, 0.5) is 0 Å². The third kappa shape index (κ3) is 17.0. The number of hydrogen-bond donors (Lipinski definition) is 0. The van der Waals surface area contributed by atoms with E-state index in [2.05, 4.69) is 62.3 Å². The van der Waals surface area contributed by atoms with Gasteiger partial charge in [0.1, 0.15) is 0 Å². The number of hydrogen-bond acceptors (Lipinski definition) is 0. The molecule has 71 heavy (non-hydrogen) atoms. The van der Waals surface area contributed by atoms with Crippen LogP contribution in [0.2, 0.25) is 0 Å². The summed E-state index contributed by atoms with van der Waals surface area (Å²) in [4.78, 5) is 0. The Morgan fingerprint density at radius 3 is 1.00 bits per heavy atom. The predicted octanol–water partition coefficient (Wildman–Crippen LogP) is 22.7. The van der Waals surface area contributed by atoms with Crippen LogP contribution in [0.5, 0.6) is 0 Å². The van der Waals surface area contributed by atoms with Crippen molar-refractivity contribution in [3.63, 3.8) is 0 Å². The summed E-state index contributed by atoms with van der Waals surface area (Å²) in [7, 11) is 0. The highest BCUT2D eigenvalue weighted by Gasteiger charge is 2.41. The topological polar surface area (TPSA) is 0 Å². The predicted molar refractivity (Wildman–Crippen MR) is 311 cm³/mol. The molecular formula is C71H128. The Bertz CT molecular complexity index is 1400. The SMILES string of the molecule is CCC1CCC(CC(CC(CC(C)C2CCC(C)CC2)C2CCC(CC(C)C3CCC(C)CC3)CC2)C2CCC(CC(C3CCC(CC(C)C4CCC(C)CC4)CC3)C(C)C3CCC(C)CC3)CC2)CC1. The summed E-state index contributed by atoms with van der Waals surface area (Å²) in [5.41, 5.74) is 0. The summed E-state index contributed by atoms with van der Waals surface area (Å²) in [5, 5.41) is 0. The summed E-state index contributed by atoms with van der Waals surface area (Å²) >= 11 is 0. The Morgan fingerprint density at radius 1 is 0.268 bits per heavy atom. The van der Waals surface area contributed by atoms with Gasteiger partial charge < -0.3 is 0 Å². The molecule has 8 fully saturated rings. The molecule has 0 N–H and O–H groups in total. The molecule has 8 aliphatic rings. The first kappa shape index (κ1) is 57.2. The Labute approximate surface area is 446 Å². The zero-order valence-corrected chi connectivity index (χ0v) is 49.9. The van der Waals surface area contributed by atoms with E-state index < -0.39 is 0 Å². The van der Waals surface area contributed by atoms with E-state index in [1.807, 2.05) is 0 Å². The van der Waals surface area contributed by atoms with Crippen LogP contribution in [-0.2, 0) is 0 Å². The van der Waals surface area contributed by atoms with Crippen LogP contribution in [0.15, 0.2) is 0 Å². The van der Waals surface area contributed by atoms with Gasteiger partial charge in [0.2, 0.25) is 0 Å². The van der Waals surface area contributed by atoms with Crippen molar-refractivity contribution in [1.82, 2.24) is 0 Å². The highest BCUT2D eigenvalue weighted by Crippen LogP contribution is 2.52. The molecule has 0 nitrogen and oxygen atoms in total. The first-order valence-electron chi connectivity index (χ1n) is 34.4. The molecule has 7 unspecified atom stereocenters. The van der Waals surface area contributed by atoms with Crippen molar-refractivity contribution in [2.45, 2.75) is 313 Å². The standard InChI is InChI=1S/C71H128/c1-10-57-19-21-60(22-20-57)46-70(48-69(45-55(8)64-33-15-51(4)16-34-64)66-37-23-58(24-38-66)43-53(6)62-29-11-49(2)12-30-62)67-39-25-61(26-40-67)47-71(56(9)65-35-17-52(5)18-36-65)68-41-27-59(28-42-68)44-54(7)63-31-13-50(3)14-32-63/h49-71H,10-48H2,1-9H3. The smallest absolute Gasteiger partial charge is 0.0355 e. The lowest BCUT2D eigenvalue weighted by molar-refractivity contribution is 0.0552. The molecule has 7 atom stereocenters. The quantitative estimate of drug-likeness (QED) is 0.108. The van der Waals surface area contributed by atoms with Crippen LogP contribution < -0.4 is 0 Å². The van der Waals surface area contributed by atoms with E-state index in [0.29, 0.717) is 0 Å². The molecule has 0 heterocycles. The molecule has 8 aliphatic carbocycles. The van der Waals surface area contributed by atoms with Crippen LogP contribution >= 0.6 is 0 Å². The minimum absolute atomic E-state index is 0.945. The van der Waals surface area contributed by atoms with E-state index in [0.717, 1.165) is 136 Å². The van der Waals surface area contributed by atoms with Gasteiger partial charge in [-0.15, -0.1) is 0 Å². The van der Waals surface area contributed by atoms with Crippen molar-refractivity contribution < 1.29 is 0 Å². The largest absolute Gasteiger partial charge is 0.0651 e. The maximum absolute atomic E-state index is 2.82. The van der Waals surface area contributed by atoms with Gasteiger partial charge in [0.05, 0.1) is 0 Å².